The van der Waals surface area contributed by atoms with Crippen molar-refractivity contribution < 1.29 is 9.59 Å². The van der Waals surface area contributed by atoms with Gasteiger partial charge in [-0.05, 0) is 32.7 Å². The molecule has 0 spiro atoms. The zero-order valence-electron chi connectivity index (χ0n) is 11.3. The summed E-state index contributed by atoms with van der Waals surface area (Å²) >= 11 is 0. The number of carbonyl (C=O) groups is 2. The molecular formula is C13H23N3O2. The van der Waals surface area contributed by atoms with Gasteiger partial charge in [0.2, 0.25) is 11.8 Å². The van der Waals surface area contributed by atoms with Crippen LogP contribution in [-0.4, -0.2) is 49.9 Å². The molecule has 2 heterocycles. The van der Waals surface area contributed by atoms with Crippen molar-refractivity contribution in [3.63, 3.8) is 0 Å². The molecule has 5 nitrogen and oxygen atoms in total. The van der Waals surface area contributed by atoms with Crippen LogP contribution in [0.4, 0.5) is 0 Å². The molecule has 0 aromatic rings. The Morgan fingerprint density at radius 1 is 1.44 bits per heavy atom. The molecule has 0 bridgehead atoms. The van der Waals surface area contributed by atoms with E-state index >= 15 is 0 Å². The van der Waals surface area contributed by atoms with Gasteiger partial charge in [-0.2, -0.15) is 0 Å². The summed E-state index contributed by atoms with van der Waals surface area (Å²) in [5.74, 6) is 0.361. The predicted octanol–water partition coefficient (Wildman–Crippen LogP) is -0.0294. The van der Waals surface area contributed by atoms with Crippen LogP contribution in [0.3, 0.4) is 0 Å². The van der Waals surface area contributed by atoms with E-state index in [9.17, 15) is 9.59 Å². The Labute approximate surface area is 108 Å². The molecule has 2 saturated heterocycles. The molecule has 18 heavy (non-hydrogen) atoms. The van der Waals surface area contributed by atoms with Crippen molar-refractivity contribution in [2.45, 2.75) is 26.2 Å². The van der Waals surface area contributed by atoms with Gasteiger partial charge in [-0.3, -0.25) is 9.59 Å². The maximum absolute atomic E-state index is 12.4. The SMILES string of the molecule is CNC(=O)C1(C)CCN(C(=O)C2CCCNC2)C1. The van der Waals surface area contributed by atoms with Crippen molar-refractivity contribution in [3.8, 4) is 0 Å². The molecule has 0 radical (unpaired) electrons. The molecule has 2 rings (SSSR count). The largest absolute Gasteiger partial charge is 0.359 e. The summed E-state index contributed by atoms with van der Waals surface area (Å²) in [6.45, 7) is 5.01. The highest BCUT2D eigenvalue weighted by molar-refractivity contribution is 5.85. The fourth-order valence-corrected chi connectivity index (χ4v) is 2.96. The normalized spacial score (nSPS) is 32.3. The van der Waals surface area contributed by atoms with Gasteiger partial charge >= 0.3 is 0 Å². The highest BCUT2D eigenvalue weighted by atomic mass is 16.2. The minimum absolute atomic E-state index is 0.0413. The van der Waals surface area contributed by atoms with Gasteiger partial charge in [0, 0.05) is 26.7 Å². The molecule has 2 N–H and O–H groups in total. The van der Waals surface area contributed by atoms with Crippen LogP contribution in [-0.2, 0) is 9.59 Å². The number of rotatable bonds is 2. The fourth-order valence-electron chi connectivity index (χ4n) is 2.96. The second-order valence-electron chi connectivity index (χ2n) is 5.69. The molecule has 2 aliphatic rings. The fraction of sp³-hybridized carbons (Fsp3) is 0.846. The first-order valence-corrected chi connectivity index (χ1v) is 6.78. The summed E-state index contributed by atoms with van der Waals surface area (Å²) in [5.41, 5.74) is -0.410. The third-order valence-corrected chi connectivity index (χ3v) is 4.21. The third kappa shape index (κ3) is 2.51. The molecule has 5 heteroatoms. The van der Waals surface area contributed by atoms with E-state index in [1.54, 1.807) is 7.05 Å². The Morgan fingerprint density at radius 3 is 2.83 bits per heavy atom. The second-order valence-corrected chi connectivity index (χ2v) is 5.69. The Kier molecular flexibility index (Phi) is 3.90. The highest BCUT2D eigenvalue weighted by Crippen LogP contribution is 2.31. The van der Waals surface area contributed by atoms with Crippen molar-refractivity contribution in [2.75, 3.05) is 33.2 Å². The quantitative estimate of drug-likeness (QED) is 0.726. The zero-order chi connectivity index (χ0) is 13.2. The van der Waals surface area contributed by atoms with Crippen LogP contribution in [0.1, 0.15) is 26.2 Å². The first-order valence-electron chi connectivity index (χ1n) is 6.78. The van der Waals surface area contributed by atoms with E-state index in [0.29, 0.717) is 13.1 Å². The topological polar surface area (TPSA) is 61.4 Å². The standard InChI is InChI=1S/C13H23N3O2/c1-13(12(18)14-2)5-7-16(9-13)11(17)10-4-3-6-15-8-10/h10,15H,3-9H2,1-2H3,(H,14,18). The zero-order valence-corrected chi connectivity index (χ0v) is 11.3. The van der Waals surface area contributed by atoms with Crippen LogP contribution in [0, 0.1) is 11.3 Å². The average molecular weight is 253 g/mol. The van der Waals surface area contributed by atoms with Crippen molar-refractivity contribution in [1.29, 1.82) is 0 Å². The highest BCUT2D eigenvalue weighted by Gasteiger charge is 2.42. The second kappa shape index (κ2) is 5.26. The number of nitrogens with one attached hydrogen (secondary N) is 2. The maximum atomic E-state index is 12.4. The smallest absolute Gasteiger partial charge is 0.227 e. The molecule has 102 valence electrons. The summed E-state index contributed by atoms with van der Waals surface area (Å²) in [7, 11) is 1.66. The molecule has 2 aliphatic heterocycles. The summed E-state index contributed by atoms with van der Waals surface area (Å²) in [6, 6.07) is 0. The van der Waals surface area contributed by atoms with Gasteiger partial charge in [-0.25, -0.2) is 0 Å². The van der Waals surface area contributed by atoms with Crippen LogP contribution in [0.25, 0.3) is 0 Å². The van der Waals surface area contributed by atoms with Gasteiger partial charge in [0.05, 0.1) is 11.3 Å². The lowest BCUT2D eigenvalue weighted by Gasteiger charge is -2.28. The maximum Gasteiger partial charge on any atom is 0.227 e. The summed E-state index contributed by atoms with van der Waals surface area (Å²) < 4.78 is 0. The van der Waals surface area contributed by atoms with Crippen LogP contribution >= 0.6 is 0 Å². The van der Waals surface area contributed by atoms with Crippen LogP contribution < -0.4 is 10.6 Å². The Morgan fingerprint density at radius 2 is 2.22 bits per heavy atom. The first kappa shape index (κ1) is 13.3. The molecule has 2 atom stereocenters. The average Bonchev–Trinajstić information content (AvgIpc) is 2.82. The summed E-state index contributed by atoms with van der Waals surface area (Å²) in [4.78, 5) is 26.0. The molecule has 0 saturated carbocycles. The van der Waals surface area contributed by atoms with Crippen molar-refractivity contribution in [1.82, 2.24) is 15.5 Å². The van der Waals surface area contributed by atoms with E-state index < -0.39 is 5.41 Å². The monoisotopic (exact) mass is 253 g/mol. The van der Waals surface area contributed by atoms with E-state index in [0.717, 1.165) is 32.4 Å². The van der Waals surface area contributed by atoms with Crippen LogP contribution in [0.15, 0.2) is 0 Å². The minimum Gasteiger partial charge on any atom is -0.359 e. The number of likely N-dealkylation sites (tertiary alicyclic amines) is 1. The molecule has 0 aliphatic carbocycles. The minimum atomic E-state index is -0.410. The van der Waals surface area contributed by atoms with E-state index in [-0.39, 0.29) is 17.7 Å². The van der Waals surface area contributed by atoms with Crippen molar-refractivity contribution in [3.05, 3.63) is 0 Å². The van der Waals surface area contributed by atoms with Gasteiger partial charge < -0.3 is 15.5 Å². The number of hydrogen-bond acceptors (Lipinski definition) is 3. The lowest BCUT2D eigenvalue weighted by Crippen LogP contribution is -2.44. The van der Waals surface area contributed by atoms with E-state index in [1.165, 1.54) is 0 Å². The van der Waals surface area contributed by atoms with Crippen LogP contribution in [0.5, 0.6) is 0 Å². The number of hydrogen-bond donors (Lipinski definition) is 2. The molecule has 0 aromatic heterocycles. The lowest BCUT2D eigenvalue weighted by molar-refractivity contribution is -0.136. The van der Waals surface area contributed by atoms with Gasteiger partial charge in [0.15, 0.2) is 0 Å². The van der Waals surface area contributed by atoms with Gasteiger partial charge in [0.25, 0.3) is 0 Å². The van der Waals surface area contributed by atoms with Gasteiger partial charge in [-0.1, -0.05) is 0 Å². The lowest BCUT2D eigenvalue weighted by atomic mass is 9.89. The van der Waals surface area contributed by atoms with Crippen molar-refractivity contribution in [2.24, 2.45) is 11.3 Å². The number of carbonyl (C=O) groups excluding carboxylic acids is 2. The van der Waals surface area contributed by atoms with Gasteiger partial charge in [0.1, 0.15) is 0 Å². The first-order chi connectivity index (χ1) is 8.57. The van der Waals surface area contributed by atoms with Gasteiger partial charge in [-0.15, -0.1) is 0 Å². The number of nitrogens with zero attached hydrogens (tertiary/aromatic N) is 1. The van der Waals surface area contributed by atoms with E-state index in [2.05, 4.69) is 10.6 Å². The number of amides is 2. The Bertz CT molecular complexity index is 339. The van der Waals surface area contributed by atoms with Crippen LogP contribution in [0.2, 0.25) is 0 Å². The number of piperidine rings is 1. The molecule has 0 aromatic carbocycles. The molecule has 2 fully saturated rings. The Balaban J connectivity index is 1.95. The summed E-state index contributed by atoms with van der Waals surface area (Å²) in [6.07, 6.45) is 2.80. The van der Waals surface area contributed by atoms with Crippen molar-refractivity contribution >= 4 is 11.8 Å². The van der Waals surface area contributed by atoms with E-state index in [4.69, 9.17) is 0 Å². The predicted molar refractivity (Wildman–Crippen MR) is 69.0 cm³/mol. The molecule has 2 unspecified atom stereocenters. The molecular weight excluding hydrogens is 230 g/mol. The summed E-state index contributed by atoms with van der Waals surface area (Å²) in [5, 5.41) is 5.96. The molecule has 2 amide bonds. The Hall–Kier alpha value is -1.10. The van der Waals surface area contributed by atoms with E-state index in [1.807, 2.05) is 11.8 Å². The third-order valence-electron chi connectivity index (χ3n) is 4.21.